The quantitative estimate of drug-likeness (QED) is 0.439. The molecule has 0 aliphatic carbocycles. The van der Waals surface area contributed by atoms with Crippen molar-refractivity contribution in [2.24, 2.45) is 7.05 Å². The van der Waals surface area contributed by atoms with Crippen LogP contribution in [0.5, 0.6) is 5.75 Å². The van der Waals surface area contributed by atoms with E-state index in [4.69, 9.17) is 9.26 Å². The molecule has 0 radical (unpaired) electrons. The maximum Gasteiger partial charge on any atom is 0.237 e. The fourth-order valence-electron chi connectivity index (χ4n) is 2.62. The van der Waals surface area contributed by atoms with Crippen LogP contribution in [0.1, 0.15) is 12.8 Å². The van der Waals surface area contributed by atoms with Crippen molar-refractivity contribution < 1.29 is 9.26 Å². The molecule has 0 amide bonds. The summed E-state index contributed by atoms with van der Waals surface area (Å²) in [6, 6.07) is 11.4. The van der Waals surface area contributed by atoms with Gasteiger partial charge in [-0.1, -0.05) is 16.9 Å². The number of hydrogen-bond donors (Lipinski definition) is 0. The fourth-order valence-corrected chi connectivity index (χ4v) is 3.37. The summed E-state index contributed by atoms with van der Waals surface area (Å²) in [5.41, 5.74) is 1.84. The molecule has 0 saturated carbocycles. The van der Waals surface area contributed by atoms with Gasteiger partial charge in [-0.2, -0.15) is 4.98 Å². The first-order valence-corrected chi connectivity index (χ1v) is 9.71. The van der Waals surface area contributed by atoms with Gasteiger partial charge in [0.25, 0.3) is 0 Å². The Labute approximate surface area is 166 Å². The first-order valence-electron chi connectivity index (χ1n) is 8.73. The molecule has 8 nitrogen and oxygen atoms in total. The number of benzene rings is 1. The SMILES string of the molecule is CCOc1ccc(-c2noc(CSc3nnc(-c4ccncc4)n3C)n2)cc1. The van der Waals surface area contributed by atoms with E-state index in [0.29, 0.717) is 24.1 Å². The van der Waals surface area contributed by atoms with Crippen LogP contribution in [0, 0.1) is 0 Å². The molecule has 142 valence electrons. The summed E-state index contributed by atoms with van der Waals surface area (Å²) >= 11 is 1.49. The molecule has 0 bridgehead atoms. The Kier molecular flexibility index (Phi) is 5.34. The van der Waals surface area contributed by atoms with Gasteiger partial charge in [0.05, 0.1) is 12.4 Å². The third-order valence-electron chi connectivity index (χ3n) is 3.99. The van der Waals surface area contributed by atoms with Crippen molar-refractivity contribution in [3.63, 3.8) is 0 Å². The largest absolute Gasteiger partial charge is 0.494 e. The van der Waals surface area contributed by atoms with Gasteiger partial charge >= 0.3 is 0 Å². The van der Waals surface area contributed by atoms with E-state index in [2.05, 4.69) is 25.3 Å². The van der Waals surface area contributed by atoms with E-state index in [9.17, 15) is 0 Å². The molecule has 28 heavy (non-hydrogen) atoms. The highest BCUT2D eigenvalue weighted by Gasteiger charge is 2.14. The second-order valence-corrected chi connectivity index (χ2v) is 6.80. The lowest BCUT2D eigenvalue weighted by molar-refractivity contribution is 0.340. The van der Waals surface area contributed by atoms with Crippen molar-refractivity contribution in [1.29, 1.82) is 0 Å². The zero-order chi connectivity index (χ0) is 19.3. The van der Waals surface area contributed by atoms with Gasteiger partial charge in [-0.05, 0) is 43.3 Å². The third-order valence-corrected chi connectivity index (χ3v) is 4.99. The monoisotopic (exact) mass is 394 g/mol. The lowest BCUT2D eigenvalue weighted by Gasteiger charge is -2.02. The first kappa shape index (κ1) is 18.2. The van der Waals surface area contributed by atoms with Gasteiger partial charge in [0.15, 0.2) is 11.0 Å². The highest BCUT2D eigenvalue weighted by atomic mass is 32.2. The average molecular weight is 394 g/mol. The van der Waals surface area contributed by atoms with Gasteiger partial charge < -0.3 is 13.8 Å². The summed E-state index contributed by atoms with van der Waals surface area (Å²) in [4.78, 5) is 8.49. The van der Waals surface area contributed by atoms with Crippen molar-refractivity contribution in [2.45, 2.75) is 17.8 Å². The van der Waals surface area contributed by atoms with Gasteiger partial charge in [-0.25, -0.2) is 0 Å². The first-order chi connectivity index (χ1) is 13.7. The minimum Gasteiger partial charge on any atom is -0.494 e. The van der Waals surface area contributed by atoms with E-state index in [0.717, 1.165) is 27.9 Å². The van der Waals surface area contributed by atoms with Gasteiger partial charge in [0.2, 0.25) is 11.7 Å². The maximum absolute atomic E-state index is 5.45. The van der Waals surface area contributed by atoms with Gasteiger partial charge in [-0.3, -0.25) is 4.98 Å². The molecule has 0 N–H and O–H groups in total. The Hall–Kier alpha value is -3.20. The van der Waals surface area contributed by atoms with Crippen LogP contribution in [-0.2, 0) is 12.8 Å². The van der Waals surface area contributed by atoms with Crippen LogP contribution >= 0.6 is 11.8 Å². The molecule has 0 atom stereocenters. The average Bonchev–Trinajstić information content (AvgIpc) is 3.35. The van der Waals surface area contributed by atoms with Gasteiger partial charge in [-0.15, -0.1) is 10.2 Å². The normalized spacial score (nSPS) is 10.9. The maximum atomic E-state index is 5.45. The number of rotatable bonds is 7. The van der Waals surface area contributed by atoms with E-state index in [1.165, 1.54) is 11.8 Å². The van der Waals surface area contributed by atoms with E-state index in [1.807, 2.05) is 54.9 Å². The summed E-state index contributed by atoms with van der Waals surface area (Å²) in [7, 11) is 1.93. The molecule has 0 aliphatic rings. The number of ether oxygens (including phenoxy) is 1. The van der Waals surface area contributed by atoms with E-state index >= 15 is 0 Å². The van der Waals surface area contributed by atoms with Crippen LogP contribution in [0.25, 0.3) is 22.8 Å². The molecule has 0 unspecified atom stereocenters. The lowest BCUT2D eigenvalue weighted by atomic mass is 10.2. The zero-order valence-corrected chi connectivity index (χ0v) is 16.3. The number of hydrogen-bond acceptors (Lipinski definition) is 8. The minimum atomic E-state index is 0.506. The smallest absolute Gasteiger partial charge is 0.237 e. The van der Waals surface area contributed by atoms with E-state index in [1.54, 1.807) is 12.4 Å². The highest BCUT2D eigenvalue weighted by molar-refractivity contribution is 7.98. The van der Waals surface area contributed by atoms with Crippen LogP contribution in [0.15, 0.2) is 58.5 Å². The predicted molar refractivity (Wildman–Crippen MR) is 105 cm³/mol. The highest BCUT2D eigenvalue weighted by Crippen LogP contribution is 2.26. The van der Waals surface area contributed by atoms with Gasteiger partial charge in [0.1, 0.15) is 5.75 Å². The van der Waals surface area contributed by atoms with Crippen LogP contribution in [0.3, 0.4) is 0 Å². The third kappa shape index (κ3) is 3.89. The molecular weight excluding hydrogens is 376 g/mol. The molecule has 1 aromatic carbocycles. The summed E-state index contributed by atoms with van der Waals surface area (Å²) in [5.74, 6) is 3.19. The van der Waals surface area contributed by atoms with Crippen molar-refractivity contribution in [1.82, 2.24) is 29.9 Å². The molecule has 0 fully saturated rings. The lowest BCUT2D eigenvalue weighted by Crippen LogP contribution is -1.95. The summed E-state index contributed by atoms with van der Waals surface area (Å²) in [6.07, 6.45) is 3.47. The van der Waals surface area contributed by atoms with Crippen LogP contribution < -0.4 is 4.74 Å². The molecule has 4 aromatic rings. The molecule has 3 aromatic heterocycles. The molecule has 3 heterocycles. The van der Waals surface area contributed by atoms with Crippen LogP contribution in [0.2, 0.25) is 0 Å². The van der Waals surface area contributed by atoms with Gasteiger partial charge in [0, 0.05) is 30.6 Å². The second kappa shape index (κ2) is 8.22. The van der Waals surface area contributed by atoms with Crippen molar-refractivity contribution in [2.75, 3.05) is 6.61 Å². The summed E-state index contributed by atoms with van der Waals surface area (Å²) in [6.45, 7) is 2.59. The van der Waals surface area contributed by atoms with Crippen molar-refractivity contribution in [3.05, 3.63) is 54.7 Å². The summed E-state index contributed by atoms with van der Waals surface area (Å²) < 4.78 is 12.8. The number of aromatic nitrogens is 6. The molecule has 0 saturated heterocycles. The Bertz CT molecular complexity index is 1050. The topological polar surface area (TPSA) is 91.8 Å². The Balaban J connectivity index is 1.43. The van der Waals surface area contributed by atoms with E-state index in [-0.39, 0.29) is 0 Å². The molecule has 9 heteroatoms. The zero-order valence-electron chi connectivity index (χ0n) is 15.4. The van der Waals surface area contributed by atoms with Crippen molar-refractivity contribution >= 4 is 11.8 Å². The molecule has 4 rings (SSSR count). The van der Waals surface area contributed by atoms with Crippen LogP contribution in [0.4, 0.5) is 0 Å². The summed E-state index contributed by atoms with van der Waals surface area (Å²) in [5, 5.41) is 13.3. The van der Waals surface area contributed by atoms with E-state index < -0.39 is 0 Å². The van der Waals surface area contributed by atoms with Crippen molar-refractivity contribution in [3.8, 4) is 28.5 Å². The Morgan fingerprint density at radius 3 is 2.57 bits per heavy atom. The minimum absolute atomic E-state index is 0.506. The number of nitrogens with zero attached hydrogens (tertiary/aromatic N) is 6. The Morgan fingerprint density at radius 1 is 1.04 bits per heavy atom. The number of thioether (sulfide) groups is 1. The molecular formula is C19H18N6O2S. The predicted octanol–water partition coefficient (Wildman–Crippen LogP) is 3.62. The fraction of sp³-hybridized carbons (Fsp3) is 0.211. The number of pyridine rings is 1. The standard InChI is InChI=1S/C19H18N6O2S/c1-3-26-15-6-4-13(5-7-15)17-21-16(27-24-17)12-28-19-23-22-18(25(19)2)14-8-10-20-11-9-14/h4-11H,3,12H2,1-2H3. The Morgan fingerprint density at radius 2 is 1.82 bits per heavy atom. The molecule has 0 spiro atoms. The molecule has 0 aliphatic heterocycles. The van der Waals surface area contributed by atoms with Crippen LogP contribution in [-0.4, -0.2) is 36.5 Å². The second-order valence-electron chi connectivity index (χ2n) is 5.86.